The van der Waals surface area contributed by atoms with Crippen molar-refractivity contribution in [1.29, 1.82) is 0 Å². The monoisotopic (exact) mass is 257 g/mol. The molecule has 4 heteroatoms. The zero-order valence-corrected chi connectivity index (χ0v) is 10.4. The lowest BCUT2D eigenvalue weighted by Gasteiger charge is -2.37. The Labute approximate surface area is 106 Å². The molecule has 94 valence electrons. The van der Waals surface area contributed by atoms with Crippen molar-refractivity contribution in [3.8, 4) is 5.75 Å². The number of phenols is 1. The minimum atomic E-state index is -0.661. The Kier molecular flexibility index (Phi) is 3.59. The lowest BCUT2D eigenvalue weighted by molar-refractivity contribution is 0.299. The minimum Gasteiger partial charge on any atom is -0.504 e. The third kappa shape index (κ3) is 2.26. The van der Waals surface area contributed by atoms with Crippen molar-refractivity contribution >= 4 is 11.6 Å². The molecule has 1 aliphatic carbocycles. The van der Waals surface area contributed by atoms with Crippen LogP contribution in [0.25, 0.3) is 0 Å². The smallest absolute Gasteiger partial charge is 0.170 e. The maximum atomic E-state index is 13.5. The Morgan fingerprint density at radius 2 is 1.94 bits per heavy atom. The number of rotatable bonds is 2. The van der Waals surface area contributed by atoms with E-state index in [4.69, 9.17) is 17.3 Å². The molecule has 1 aromatic carbocycles. The van der Waals surface area contributed by atoms with Crippen molar-refractivity contribution in [3.05, 3.63) is 28.5 Å². The first-order valence-corrected chi connectivity index (χ1v) is 6.35. The van der Waals surface area contributed by atoms with Crippen LogP contribution in [-0.2, 0) is 5.41 Å². The molecule has 1 saturated carbocycles. The summed E-state index contributed by atoms with van der Waals surface area (Å²) >= 11 is 5.83. The van der Waals surface area contributed by atoms with Crippen LogP contribution in [0, 0.1) is 5.82 Å². The van der Waals surface area contributed by atoms with E-state index >= 15 is 0 Å². The molecule has 17 heavy (non-hydrogen) atoms. The normalized spacial score (nSPS) is 19.2. The van der Waals surface area contributed by atoms with Gasteiger partial charge < -0.3 is 10.8 Å². The highest BCUT2D eigenvalue weighted by molar-refractivity contribution is 6.32. The van der Waals surface area contributed by atoms with E-state index in [-0.39, 0.29) is 10.4 Å². The summed E-state index contributed by atoms with van der Waals surface area (Å²) in [5, 5.41) is 9.42. The molecular formula is C13H17ClFNO. The van der Waals surface area contributed by atoms with Crippen LogP contribution in [0.15, 0.2) is 12.1 Å². The van der Waals surface area contributed by atoms with Gasteiger partial charge in [-0.1, -0.05) is 30.9 Å². The summed E-state index contributed by atoms with van der Waals surface area (Å²) in [6, 6.07) is 3.03. The van der Waals surface area contributed by atoms with Gasteiger partial charge in [-0.05, 0) is 30.5 Å². The largest absolute Gasteiger partial charge is 0.504 e. The summed E-state index contributed by atoms with van der Waals surface area (Å²) in [6.45, 7) is 0.494. The molecule has 0 bridgehead atoms. The van der Waals surface area contributed by atoms with E-state index in [1.165, 1.54) is 12.5 Å². The minimum absolute atomic E-state index is 0.0680. The summed E-state index contributed by atoms with van der Waals surface area (Å²) in [5.74, 6) is -1.13. The number of aromatic hydroxyl groups is 1. The predicted octanol–water partition coefficient (Wildman–Crippen LogP) is 3.35. The van der Waals surface area contributed by atoms with E-state index in [0.29, 0.717) is 6.54 Å². The molecule has 2 rings (SSSR count). The van der Waals surface area contributed by atoms with Crippen LogP contribution in [-0.4, -0.2) is 11.7 Å². The Morgan fingerprint density at radius 1 is 1.29 bits per heavy atom. The topological polar surface area (TPSA) is 46.2 Å². The van der Waals surface area contributed by atoms with Crippen molar-refractivity contribution < 1.29 is 9.50 Å². The quantitative estimate of drug-likeness (QED) is 0.854. The first kappa shape index (κ1) is 12.7. The molecule has 1 aromatic rings. The van der Waals surface area contributed by atoms with E-state index < -0.39 is 11.6 Å². The van der Waals surface area contributed by atoms with Gasteiger partial charge >= 0.3 is 0 Å². The van der Waals surface area contributed by atoms with Crippen molar-refractivity contribution in [2.24, 2.45) is 5.73 Å². The highest BCUT2D eigenvalue weighted by Gasteiger charge is 2.33. The van der Waals surface area contributed by atoms with Gasteiger partial charge in [0.25, 0.3) is 0 Å². The number of halogens is 2. The van der Waals surface area contributed by atoms with Gasteiger partial charge in [0.15, 0.2) is 11.6 Å². The molecule has 1 fully saturated rings. The Hall–Kier alpha value is -0.800. The second-order valence-electron chi connectivity index (χ2n) is 4.83. The van der Waals surface area contributed by atoms with Gasteiger partial charge in [0, 0.05) is 12.0 Å². The van der Waals surface area contributed by atoms with Crippen molar-refractivity contribution in [1.82, 2.24) is 0 Å². The fourth-order valence-electron chi connectivity index (χ4n) is 2.71. The fraction of sp³-hybridized carbons (Fsp3) is 0.538. The SMILES string of the molecule is NCC1(c2cc(F)c(O)c(Cl)c2)CCCCC1. The first-order chi connectivity index (χ1) is 8.09. The highest BCUT2D eigenvalue weighted by atomic mass is 35.5. The summed E-state index contributed by atoms with van der Waals surface area (Å²) in [6.07, 6.45) is 5.35. The number of hydrogen-bond acceptors (Lipinski definition) is 2. The van der Waals surface area contributed by atoms with Gasteiger partial charge in [0.2, 0.25) is 0 Å². The summed E-state index contributed by atoms with van der Waals surface area (Å²) in [7, 11) is 0. The molecule has 3 N–H and O–H groups in total. The van der Waals surface area contributed by atoms with Crippen molar-refractivity contribution in [2.45, 2.75) is 37.5 Å². The lowest BCUT2D eigenvalue weighted by atomic mass is 9.69. The van der Waals surface area contributed by atoms with Gasteiger partial charge in [-0.15, -0.1) is 0 Å². The molecular weight excluding hydrogens is 241 g/mol. The lowest BCUT2D eigenvalue weighted by Crippen LogP contribution is -2.37. The summed E-state index contributed by atoms with van der Waals surface area (Å²) in [4.78, 5) is 0. The van der Waals surface area contributed by atoms with Gasteiger partial charge in [0.1, 0.15) is 0 Å². The number of hydrogen-bond donors (Lipinski definition) is 2. The van der Waals surface area contributed by atoms with Crippen molar-refractivity contribution in [2.75, 3.05) is 6.54 Å². The Bertz CT molecular complexity index is 393. The van der Waals surface area contributed by atoms with E-state index in [9.17, 15) is 9.50 Å². The molecule has 0 amide bonds. The van der Waals surface area contributed by atoms with E-state index in [0.717, 1.165) is 31.2 Å². The standard InChI is InChI=1S/C13H17ClFNO/c14-10-6-9(7-11(15)12(10)17)13(8-16)4-2-1-3-5-13/h6-7,17H,1-5,8,16H2. The molecule has 0 aliphatic heterocycles. The number of nitrogens with two attached hydrogens (primary N) is 1. The van der Waals surface area contributed by atoms with E-state index in [1.807, 2.05) is 0 Å². The fourth-order valence-corrected chi connectivity index (χ4v) is 2.92. The second-order valence-corrected chi connectivity index (χ2v) is 5.24. The third-order valence-corrected chi connectivity index (χ3v) is 4.12. The van der Waals surface area contributed by atoms with Gasteiger partial charge in [0.05, 0.1) is 5.02 Å². The molecule has 0 atom stereocenters. The zero-order valence-electron chi connectivity index (χ0n) is 9.68. The molecule has 0 spiro atoms. The maximum Gasteiger partial charge on any atom is 0.170 e. The van der Waals surface area contributed by atoms with E-state index in [2.05, 4.69) is 0 Å². The van der Waals surface area contributed by atoms with Gasteiger partial charge in [-0.25, -0.2) is 4.39 Å². The number of phenolic OH excluding ortho intramolecular Hbond substituents is 1. The van der Waals surface area contributed by atoms with Crippen LogP contribution < -0.4 is 5.73 Å². The molecule has 1 aliphatic rings. The molecule has 0 aromatic heterocycles. The predicted molar refractivity (Wildman–Crippen MR) is 66.9 cm³/mol. The maximum absolute atomic E-state index is 13.5. The highest BCUT2D eigenvalue weighted by Crippen LogP contribution is 2.41. The van der Waals surface area contributed by atoms with Crippen LogP contribution in [0.2, 0.25) is 5.02 Å². The Morgan fingerprint density at radius 3 is 2.47 bits per heavy atom. The van der Waals surface area contributed by atoms with Gasteiger partial charge in [-0.2, -0.15) is 0 Å². The van der Waals surface area contributed by atoms with Crippen LogP contribution in [0.1, 0.15) is 37.7 Å². The summed E-state index contributed by atoms with van der Waals surface area (Å²) in [5.41, 5.74) is 6.53. The molecule has 0 unspecified atom stereocenters. The summed E-state index contributed by atoms with van der Waals surface area (Å²) < 4.78 is 13.5. The van der Waals surface area contributed by atoms with E-state index in [1.54, 1.807) is 6.07 Å². The van der Waals surface area contributed by atoms with Crippen LogP contribution in [0.4, 0.5) is 4.39 Å². The molecule has 0 heterocycles. The van der Waals surface area contributed by atoms with Crippen LogP contribution in [0.3, 0.4) is 0 Å². The second kappa shape index (κ2) is 4.83. The zero-order chi connectivity index (χ0) is 12.5. The average molecular weight is 258 g/mol. The Balaban J connectivity index is 2.43. The average Bonchev–Trinajstić information content (AvgIpc) is 2.36. The van der Waals surface area contributed by atoms with Crippen LogP contribution in [0.5, 0.6) is 5.75 Å². The number of benzene rings is 1. The first-order valence-electron chi connectivity index (χ1n) is 5.98. The van der Waals surface area contributed by atoms with Crippen LogP contribution >= 0.6 is 11.6 Å². The van der Waals surface area contributed by atoms with Crippen molar-refractivity contribution in [3.63, 3.8) is 0 Å². The molecule has 2 nitrogen and oxygen atoms in total. The third-order valence-electron chi connectivity index (χ3n) is 3.83. The molecule has 0 radical (unpaired) electrons. The van der Waals surface area contributed by atoms with Gasteiger partial charge in [-0.3, -0.25) is 0 Å². The molecule has 0 saturated heterocycles.